The van der Waals surface area contributed by atoms with Crippen LogP contribution in [0.4, 0.5) is 0 Å². The maximum atomic E-state index is 12.5. The Hall–Kier alpha value is -2.42. The van der Waals surface area contributed by atoms with Crippen molar-refractivity contribution in [2.24, 2.45) is 13.0 Å². The molecule has 2 aromatic rings. The van der Waals surface area contributed by atoms with Crippen molar-refractivity contribution in [2.45, 2.75) is 39.5 Å². The van der Waals surface area contributed by atoms with E-state index in [2.05, 4.69) is 16.2 Å². The Morgan fingerprint density at radius 2 is 2.22 bits per heavy atom. The SMILES string of the molecule is Cc1nc2c(cnn2C)cc1C(CCC#N)C(=O)OCC(C)C. The summed E-state index contributed by atoms with van der Waals surface area (Å²) in [7, 11) is 1.83. The van der Waals surface area contributed by atoms with Gasteiger partial charge in [-0.2, -0.15) is 10.4 Å². The van der Waals surface area contributed by atoms with Crippen LogP contribution in [0.3, 0.4) is 0 Å². The Bertz CT molecular complexity index is 743. The van der Waals surface area contributed by atoms with Crippen LogP contribution in [0, 0.1) is 24.2 Å². The fourth-order valence-electron chi connectivity index (χ4n) is 2.49. The third-order valence-corrected chi connectivity index (χ3v) is 3.70. The summed E-state index contributed by atoms with van der Waals surface area (Å²) in [6.07, 6.45) is 2.46. The summed E-state index contributed by atoms with van der Waals surface area (Å²) in [6, 6.07) is 4.04. The minimum absolute atomic E-state index is 0.274. The zero-order valence-corrected chi connectivity index (χ0v) is 14.0. The lowest BCUT2D eigenvalue weighted by atomic mass is 9.92. The molecule has 0 amide bonds. The van der Waals surface area contributed by atoms with Crippen LogP contribution in [0.15, 0.2) is 12.3 Å². The smallest absolute Gasteiger partial charge is 0.313 e. The number of pyridine rings is 1. The van der Waals surface area contributed by atoms with Gasteiger partial charge < -0.3 is 4.74 Å². The van der Waals surface area contributed by atoms with Crippen molar-refractivity contribution in [2.75, 3.05) is 6.61 Å². The van der Waals surface area contributed by atoms with E-state index in [1.807, 2.05) is 33.9 Å². The molecule has 0 aliphatic heterocycles. The van der Waals surface area contributed by atoms with Gasteiger partial charge in [-0.25, -0.2) is 4.98 Å². The zero-order valence-electron chi connectivity index (χ0n) is 14.0. The molecular formula is C17H22N4O2. The predicted octanol–water partition coefficient (Wildman–Crippen LogP) is 2.86. The molecule has 0 N–H and O–H groups in total. The van der Waals surface area contributed by atoms with E-state index in [0.717, 1.165) is 22.3 Å². The highest BCUT2D eigenvalue weighted by molar-refractivity contribution is 5.82. The van der Waals surface area contributed by atoms with Gasteiger partial charge in [-0.05, 0) is 30.9 Å². The van der Waals surface area contributed by atoms with Crippen LogP contribution in [-0.2, 0) is 16.6 Å². The predicted molar refractivity (Wildman–Crippen MR) is 86.6 cm³/mol. The average molecular weight is 314 g/mol. The van der Waals surface area contributed by atoms with E-state index in [0.29, 0.717) is 19.4 Å². The lowest BCUT2D eigenvalue weighted by molar-refractivity contribution is -0.146. The van der Waals surface area contributed by atoms with E-state index in [-0.39, 0.29) is 11.9 Å². The number of rotatable bonds is 6. The number of ether oxygens (including phenoxy) is 1. The second-order valence-electron chi connectivity index (χ2n) is 6.12. The van der Waals surface area contributed by atoms with Gasteiger partial charge in [-0.1, -0.05) is 13.8 Å². The fourth-order valence-corrected chi connectivity index (χ4v) is 2.49. The van der Waals surface area contributed by atoms with Gasteiger partial charge in [0.15, 0.2) is 5.65 Å². The normalized spacial score (nSPS) is 12.3. The molecule has 2 heterocycles. The standard InChI is InChI=1S/C17H22N4O2/c1-11(2)10-23-17(22)14(6-5-7-18)15-8-13-9-19-21(4)16(13)20-12(15)3/h8-9,11,14H,5-6,10H2,1-4H3. The molecule has 0 aliphatic carbocycles. The van der Waals surface area contributed by atoms with Crippen LogP contribution >= 0.6 is 0 Å². The molecule has 0 fully saturated rings. The van der Waals surface area contributed by atoms with Crippen molar-refractivity contribution >= 4 is 17.0 Å². The summed E-state index contributed by atoms with van der Waals surface area (Å²) in [6.45, 7) is 6.23. The van der Waals surface area contributed by atoms with Crippen LogP contribution in [0.1, 0.15) is 43.9 Å². The molecule has 2 aromatic heterocycles. The molecular weight excluding hydrogens is 292 g/mol. The first-order chi connectivity index (χ1) is 10.9. The van der Waals surface area contributed by atoms with Crippen molar-refractivity contribution in [1.82, 2.24) is 14.8 Å². The molecule has 0 aromatic carbocycles. The highest BCUT2D eigenvalue weighted by Crippen LogP contribution is 2.28. The quantitative estimate of drug-likeness (QED) is 0.766. The number of hydrogen-bond acceptors (Lipinski definition) is 5. The Balaban J connectivity index is 2.36. The molecule has 6 heteroatoms. The molecule has 0 aliphatic rings. The minimum Gasteiger partial charge on any atom is -0.465 e. The molecule has 0 saturated heterocycles. The van der Waals surface area contributed by atoms with Crippen LogP contribution in [-0.4, -0.2) is 27.3 Å². The maximum Gasteiger partial charge on any atom is 0.313 e. The number of carbonyl (C=O) groups is 1. The summed E-state index contributed by atoms with van der Waals surface area (Å²) >= 11 is 0. The van der Waals surface area contributed by atoms with Gasteiger partial charge in [0, 0.05) is 24.5 Å². The summed E-state index contributed by atoms with van der Waals surface area (Å²) in [5.41, 5.74) is 2.36. The van der Waals surface area contributed by atoms with Crippen LogP contribution < -0.4 is 0 Å². The lowest BCUT2D eigenvalue weighted by Crippen LogP contribution is -2.19. The average Bonchev–Trinajstić information content (AvgIpc) is 2.86. The largest absolute Gasteiger partial charge is 0.465 e. The Morgan fingerprint density at radius 3 is 2.87 bits per heavy atom. The van der Waals surface area contributed by atoms with Gasteiger partial charge in [0.05, 0.1) is 24.8 Å². The molecule has 6 nitrogen and oxygen atoms in total. The first kappa shape index (κ1) is 16.9. The molecule has 2 rings (SSSR count). The lowest BCUT2D eigenvalue weighted by Gasteiger charge is -2.18. The number of carbonyl (C=O) groups excluding carboxylic acids is 1. The van der Waals surface area contributed by atoms with Gasteiger partial charge in [-0.3, -0.25) is 9.48 Å². The number of nitrogens with zero attached hydrogens (tertiary/aromatic N) is 4. The van der Waals surface area contributed by atoms with E-state index >= 15 is 0 Å². The first-order valence-electron chi connectivity index (χ1n) is 7.76. The van der Waals surface area contributed by atoms with Gasteiger partial charge in [0.25, 0.3) is 0 Å². The molecule has 0 radical (unpaired) electrons. The number of nitriles is 1. The molecule has 1 atom stereocenters. The first-order valence-corrected chi connectivity index (χ1v) is 7.76. The second kappa shape index (κ2) is 7.23. The summed E-state index contributed by atoms with van der Waals surface area (Å²) < 4.78 is 7.09. The van der Waals surface area contributed by atoms with Crippen LogP contribution in [0.5, 0.6) is 0 Å². The molecule has 0 bridgehead atoms. The minimum atomic E-state index is -0.467. The number of fused-ring (bicyclic) bond motifs is 1. The van der Waals surface area contributed by atoms with E-state index in [9.17, 15) is 4.79 Å². The molecule has 122 valence electrons. The van der Waals surface area contributed by atoms with E-state index in [1.54, 1.807) is 10.9 Å². The second-order valence-corrected chi connectivity index (χ2v) is 6.12. The van der Waals surface area contributed by atoms with E-state index in [1.165, 1.54) is 0 Å². The number of aromatic nitrogens is 3. The third kappa shape index (κ3) is 3.86. The van der Waals surface area contributed by atoms with Crippen molar-refractivity contribution in [1.29, 1.82) is 5.26 Å². The monoisotopic (exact) mass is 314 g/mol. The number of esters is 1. The highest BCUT2D eigenvalue weighted by Gasteiger charge is 2.25. The molecule has 0 saturated carbocycles. The van der Waals surface area contributed by atoms with Crippen molar-refractivity contribution < 1.29 is 9.53 Å². The van der Waals surface area contributed by atoms with E-state index in [4.69, 9.17) is 10.00 Å². The van der Waals surface area contributed by atoms with Gasteiger partial charge in [-0.15, -0.1) is 0 Å². The maximum absolute atomic E-state index is 12.5. The topological polar surface area (TPSA) is 80.8 Å². The zero-order chi connectivity index (χ0) is 17.0. The van der Waals surface area contributed by atoms with Crippen molar-refractivity contribution in [3.8, 4) is 6.07 Å². The summed E-state index contributed by atoms with van der Waals surface area (Å²) in [5, 5.41) is 13.9. The molecule has 1 unspecified atom stereocenters. The van der Waals surface area contributed by atoms with Crippen LogP contribution in [0.2, 0.25) is 0 Å². The van der Waals surface area contributed by atoms with E-state index < -0.39 is 5.92 Å². The summed E-state index contributed by atoms with van der Waals surface area (Å²) in [4.78, 5) is 17.0. The summed E-state index contributed by atoms with van der Waals surface area (Å²) in [5.74, 6) is -0.483. The van der Waals surface area contributed by atoms with Gasteiger partial charge >= 0.3 is 5.97 Å². The van der Waals surface area contributed by atoms with Crippen LogP contribution in [0.25, 0.3) is 11.0 Å². The molecule has 0 spiro atoms. The fraction of sp³-hybridized carbons (Fsp3) is 0.529. The third-order valence-electron chi connectivity index (χ3n) is 3.70. The Kier molecular flexibility index (Phi) is 5.32. The van der Waals surface area contributed by atoms with Crippen molar-refractivity contribution in [3.05, 3.63) is 23.5 Å². The van der Waals surface area contributed by atoms with Gasteiger partial charge in [0.2, 0.25) is 0 Å². The van der Waals surface area contributed by atoms with Gasteiger partial charge in [0.1, 0.15) is 0 Å². The molecule has 23 heavy (non-hydrogen) atoms. The number of hydrogen-bond donors (Lipinski definition) is 0. The Morgan fingerprint density at radius 1 is 1.48 bits per heavy atom. The number of aryl methyl sites for hydroxylation is 2. The Labute approximate surface area is 136 Å². The highest BCUT2D eigenvalue weighted by atomic mass is 16.5. The van der Waals surface area contributed by atoms with Crippen molar-refractivity contribution in [3.63, 3.8) is 0 Å².